The molecule has 3 saturated heterocycles. The SMILES string of the molecule is CCCCCCC/C=C\C/C=C\C/C=C\CCCCCCCCC(=O)NC(COC1OC(CO)C(OC2OC(CO)C(OC3OC(CO)C(O)C(O)C3O)C(O)C2O)C(O)C1O)C(O)CCCCCCCC. The summed E-state index contributed by atoms with van der Waals surface area (Å²) in [5.41, 5.74) is 0. The Morgan fingerprint density at radius 1 is 0.500 bits per heavy atom. The number of aliphatic hydroxyl groups is 11. The maximum absolute atomic E-state index is 13.2. The third-order valence-corrected chi connectivity index (χ3v) is 13.7. The lowest BCUT2D eigenvalue weighted by Gasteiger charge is -2.48. The molecule has 72 heavy (non-hydrogen) atoms. The number of carbonyl (C=O) groups is 1. The van der Waals surface area contributed by atoms with Crippen molar-refractivity contribution in [2.45, 2.75) is 266 Å². The molecular weight excluding hydrogens is 939 g/mol. The molecular formula is C53H95NO18. The van der Waals surface area contributed by atoms with Gasteiger partial charge in [0.25, 0.3) is 0 Å². The summed E-state index contributed by atoms with van der Waals surface area (Å²) in [6.45, 7) is 1.65. The van der Waals surface area contributed by atoms with Crippen LogP contribution in [0.5, 0.6) is 0 Å². The number of nitrogens with one attached hydrogen (secondary N) is 1. The highest BCUT2D eigenvalue weighted by atomic mass is 16.8. The van der Waals surface area contributed by atoms with Gasteiger partial charge in [0, 0.05) is 6.42 Å². The topological polar surface area (TPSA) is 307 Å². The monoisotopic (exact) mass is 1030 g/mol. The van der Waals surface area contributed by atoms with E-state index in [-0.39, 0.29) is 18.9 Å². The van der Waals surface area contributed by atoms with Crippen LogP contribution in [0.4, 0.5) is 0 Å². The summed E-state index contributed by atoms with van der Waals surface area (Å²) >= 11 is 0. The quantitative estimate of drug-likeness (QED) is 0.0313. The molecule has 19 nitrogen and oxygen atoms in total. The van der Waals surface area contributed by atoms with E-state index in [1.165, 1.54) is 38.5 Å². The van der Waals surface area contributed by atoms with Crippen molar-refractivity contribution in [3.63, 3.8) is 0 Å². The molecule has 17 unspecified atom stereocenters. The number of carbonyl (C=O) groups excluding carboxylic acids is 1. The summed E-state index contributed by atoms with van der Waals surface area (Å²) in [6.07, 6.45) is 10.1. The van der Waals surface area contributed by atoms with Crippen LogP contribution in [0.1, 0.15) is 162 Å². The number of hydrogen-bond acceptors (Lipinski definition) is 18. The first kappa shape index (κ1) is 64.3. The second-order valence-corrected chi connectivity index (χ2v) is 19.7. The van der Waals surface area contributed by atoms with Crippen LogP contribution in [0.25, 0.3) is 0 Å². The van der Waals surface area contributed by atoms with E-state index in [0.717, 1.165) is 89.9 Å². The molecule has 3 aliphatic rings. The summed E-state index contributed by atoms with van der Waals surface area (Å²) in [4.78, 5) is 13.2. The third-order valence-electron chi connectivity index (χ3n) is 13.7. The minimum atomic E-state index is -1.97. The molecule has 3 aliphatic heterocycles. The molecule has 17 atom stereocenters. The van der Waals surface area contributed by atoms with E-state index in [2.05, 4.69) is 55.6 Å². The lowest BCUT2D eigenvalue weighted by Crippen LogP contribution is -2.66. The summed E-state index contributed by atoms with van der Waals surface area (Å²) in [7, 11) is 0. The molecule has 3 rings (SSSR count). The molecule has 19 heteroatoms. The molecule has 0 spiro atoms. The van der Waals surface area contributed by atoms with Gasteiger partial charge in [0.2, 0.25) is 5.91 Å². The minimum Gasteiger partial charge on any atom is -0.394 e. The highest BCUT2D eigenvalue weighted by molar-refractivity contribution is 5.76. The highest BCUT2D eigenvalue weighted by Gasteiger charge is 2.53. The van der Waals surface area contributed by atoms with Gasteiger partial charge in [-0.2, -0.15) is 0 Å². The molecule has 12 N–H and O–H groups in total. The normalized spacial score (nSPS) is 32.3. The fraction of sp³-hybridized carbons (Fsp3) is 0.868. The van der Waals surface area contributed by atoms with Crippen LogP contribution in [0, 0.1) is 0 Å². The molecule has 3 fully saturated rings. The molecule has 0 aromatic heterocycles. The summed E-state index contributed by atoms with van der Waals surface area (Å²) in [6, 6.07) is -0.890. The second kappa shape index (κ2) is 37.7. The van der Waals surface area contributed by atoms with Crippen LogP contribution >= 0.6 is 0 Å². The van der Waals surface area contributed by atoms with Crippen molar-refractivity contribution < 1.29 is 89.4 Å². The molecule has 0 radical (unpaired) electrons. The maximum atomic E-state index is 13.2. The van der Waals surface area contributed by atoms with Crippen molar-refractivity contribution in [3.8, 4) is 0 Å². The van der Waals surface area contributed by atoms with Crippen LogP contribution in [0.3, 0.4) is 0 Å². The van der Waals surface area contributed by atoms with Crippen LogP contribution in [0.15, 0.2) is 36.5 Å². The van der Waals surface area contributed by atoms with Crippen molar-refractivity contribution in [2.75, 3.05) is 26.4 Å². The first-order valence-corrected chi connectivity index (χ1v) is 27.2. The van der Waals surface area contributed by atoms with E-state index < -0.39 is 124 Å². The van der Waals surface area contributed by atoms with Gasteiger partial charge in [0.1, 0.15) is 73.2 Å². The molecule has 0 aromatic carbocycles. The van der Waals surface area contributed by atoms with Gasteiger partial charge in [-0.3, -0.25) is 4.79 Å². The Balaban J connectivity index is 1.46. The number of rotatable bonds is 38. The first-order chi connectivity index (χ1) is 34.8. The molecule has 0 aliphatic carbocycles. The largest absolute Gasteiger partial charge is 0.394 e. The van der Waals surface area contributed by atoms with E-state index >= 15 is 0 Å². The van der Waals surface area contributed by atoms with Gasteiger partial charge >= 0.3 is 0 Å². The Bertz CT molecular complexity index is 1470. The Kier molecular flexibility index (Phi) is 33.7. The fourth-order valence-corrected chi connectivity index (χ4v) is 9.14. The predicted octanol–water partition coefficient (Wildman–Crippen LogP) is 2.98. The molecule has 420 valence electrons. The average molecular weight is 1030 g/mol. The van der Waals surface area contributed by atoms with Gasteiger partial charge in [-0.15, -0.1) is 0 Å². The van der Waals surface area contributed by atoms with E-state index in [9.17, 15) is 61.0 Å². The lowest BCUT2D eigenvalue weighted by atomic mass is 9.96. The number of unbranched alkanes of at least 4 members (excludes halogenated alkanes) is 16. The van der Waals surface area contributed by atoms with Crippen LogP contribution in [-0.4, -0.2) is 193 Å². The van der Waals surface area contributed by atoms with Gasteiger partial charge in [0.15, 0.2) is 18.9 Å². The number of allylic oxidation sites excluding steroid dienone is 6. The Morgan fingerprint density at radius 2 is 0.917 bits per heavy atom. The molecule has 0 saturated carbocycles. The van der Waals surface area contributed by atoms with Gasteiger partial charge in [0.05, 0.1) is 38.6 Å². The lowest BCUT2D eigenvalue weighted by molar-refractivity contribution is -0.379. The van der Waals surface area contributed by atoms with E-state index in [0.29, 0.717) is 12.8 Å². The molecule has 0 aromatic rings. The van der Waals surface area contributed by atoms with Gasteiger partial charge < -0.3 is 89.9 Å². The third kappa shape index (κ3) is 22.7. The van der Waals surface area contributed by atoms with Crippen molar-refractivity contribution in [1.29, 1.82) is 0 Å². The number of hydrogen-bond donors (Lipinski definition) is 12. The standard InChI is InChI=1S/C53H95NO18/c1-3-5-7-9-11-12-13-14-15-16-17-18-19-20-21-22-23-24-25-27-29-31-41(59)54-36(37(58)30-28-26-10-8-6-4-2)35-67-51-47(65)44(62)49(39(33-56)69-51)72-53-48(66)45(63)50(40(34-57)70-53)71-52-46(64)43(61)42(60)38(32-55)68-52/h13-14,16-17,19-20,36-40,42-53,55-58,60-66H,3-12,15,18,21-35H2,1-2H3,(H,54,59)/b14-13-,17-16-,20-19-. The average Bonchev–Trinajstić information content (AvgIpc) is 3.38. The molecule has 3 heterocycles. The van der Waals surface area contributed by atoms with Gasteiger partial charge in [-0.05, 0) is 51.4 Å². The van der Waals surface area contributed by atoms with Gasteiger partial charge in [-0.1, -0.05) is 140 Å². The number of aliphatic hydroxyl groups excluding tert-OH is 11. The number of amides is 1. The van der Waals surface area contributed by atoms with Crippen molar-refractivity contribution in [3.05, 3.63) is 36.5 Å². The van der Waals surface area contributed by atoms with Crippen molar-refractivity contribution >= 4 is 5.91 Å². The minimum absolute atomic E-state index is 0.250. The second-order valence-electron chi connectivity index (χ2n) is 19.7. The molecule has 0 bridgehead atoms. The van der Waals surface area contributed by atoms with E-state index in [4.69, 9.17) is 28.4 Å². The Labute approximate surface area is 428 Å². The Hall–Kier alpha value is -1.99. The van der Waals surface area contributed by atoms with Gasteiger partial charge in [-0.25, -0.2) is 0 Å². The maximum Gasteiger partial charge on any atom is 0.220 e. The predicted molar refractivity (Wildman–Crippen MR) is 268 cm³/mol. The van der Waals surface area contributed by atoms with Crippen LogP contribution in [-0.2, 0) is 33.2 Å². The highest BCUT2D eigenvalue weighted by Crippen LogP contribution is 2.33. The smallest absolute Gasteiger partial charge is 0.220 e. The molecule has 1 amide bonds. The Morgan fingerprint density at radius 3 is 1.43 bits per heavy atom. The van der Waals surface area contributed by atoms with Crippen molar-refractivity contribution in [1.82, 2.24) is 5.32 Å². The van der Waals surface area contributed by atoms with E-state index in [1.54, 1.807) is 0 Å². The van der Waals surface area contributed by atoms with Crippen LogP contribution in [0.2, 0.25) is 0 Å². The van der Waals surface area contributed by atoms with E-state index in [1.807, 2.05) is 0 Å². The number of ether oxygens (including phenoxy) is 6. The summed E-state index contributed by atoms with van der Waals surface area (Å²) in [5.74, 6) is -0.263. The zero-order valence-electron chi connectivity index (χ0n) is 43.1. The first-order valence-electron chi connectivity index (χ1n) is 27.2. The zero-order valence-corrected chi connectivity index (χ0v) is 43.1. The summed E-state index contributed by atoms with van der Waals surface area (Å²) < 4.78 is 34.1. The summed E-state index contributed by atoms with van der Waals surface area (Å²) in [5, 5.41) is 119. The van der Waals surface area contributed by atoms with Crippen LogP contribution < -0.4 is 5.32 Å². The fourth-order valence-electron chi connectivity index (χ4n) is 9.14. The zero-order chi connectivity index (χ0) is 52.7. The van der Waals surface area contributed by atoms with Crippen molar-refractivity contribution in [2.24, 2.45) is 0 Å².